The number of aromatic nitrogens is 2. The van der Waals surface area contributed by atoms with Crippen LogP contribution >= 0.6 is 0 Å². The van der Waals surface area contributed by atoms with Gasteiger partial charge in [-0.2, -0.15) is 4.98 Å². The summed E-state index contributed by atoms with van der Waals surface area (Å²) in [6.07, 6.45) is 5.04. The van der Waals surface area contributed by atoms with Gasteiger partial charge in [0.2, 0.25) is 18.1 Å². The highest BCUT2D eigenvalue weighted by molar-refractivity contribution is 5.87. The van der Waals surface area contributed by atoms with E-state index in [2.05, 4.69) is 15.5 Å². The number of anilines is 1. The van der Waals surface area contributed by atoms with Crippen molar-refractivity contribution in [2.75, 3.05) is 25.5 Å². The lowest BCUT2D eigenvalue weighted by atomic mass is 9.89. The Hall–Kier alpha value is -2.78. The van der Waals surface area contributed by atoms with Crippen molar-refractivity contribution in [2.24, 2.45) is 0 Å². The van der Waals surface area contributed by atoms with Crippen molar-refractivity contribution in [1.82, 2.24) is 15.0 Å². The van der Waals surface area contributed by atoms with Gasteiger partial charge in [-0.15, -0.1) is 0 Å². The molecule has 1 aromatic heterocycles. The molecule has 0 bridgehead atoms. The van der Waals surface area contributed by atoms with E-state index in [1.807, 2.05) is 39.0 Å². The SMILES string of the molecule is COC(C)(C)C.N=Cc1ccc(-c2noc(C3CCN(C=O)CC3)n2)cc1NC1CC(O)C1. The third kappa shape index (κ3) is 6.85. The highest BCUT2D eigenvalue weighted by atomic mass is 16.5. The van der Waals surface area contributed by atoms with Crippen LogP contribution in [-0.4, -0.2) is 70.7 Å². The molecule has 1 saturated heterocycles. The number of aliphatic hydroxyl groups excluding tert-OH is 1. The van der Waals surface area contributed by atoms with E-state index in [9.17, 15) is 9.90 Å². The number of benzene rings is 1. The van der Waals surface area contributed by atoms with Crippen LogP contribution in [0.5, 0.6) is 0 Å². The molecule has 4 rings (SSSR count). The zero-order chi connectivity index (χ0) is 24.0. The second kappa shape index (κ2) is 10.9. The lowest BCUT2D eigenvalue weighted by molar-refractivity contribution is -0.119. The monoisotopic (exact) mass is 457 g/mol. The van der Waals surface area contributed by atoms with Crippen molar-refractivity contribution in [3.05, 3.63) is 29.7 Å². The lowest BCUT2D eigenvalue weighted by Crippen LogP contribution is -2.39. The second-order valence-electron chi connectivity index (χ2n) is 9.60. The molecule has 0 unspecified atom stereocenters. The molecule has 1 aromatic carbocycles. The molecule has 0 radical (unpaired) electrons. The van der Waals surface area contributed by atoms with Crippen LogP contribution in [-0.2, 0) is 9.53 Å². The van der Waals surface area contributed by atoms with Crippen LogP contribution in [0.1, 0.15) is 63.8 Å². The Morgan fingerprint density at radius 1 is 1.27 bits per heavy atom. The van der Waals surface area contributed by atoms with Gasteiger partial charge < -0.3 is 30.0 Å². The Morgan fingerprint density at radius 2 is 1.94 bits per heavy atom. The fourth-order valence-electron chi connectivity index (χ4n) is 3.64. The summed E-state index contributed by atoms with van der Waals surface area (Å²) in [6.45, 7) is 7.48. The number of carbonyl (C=O) groups is 1. The van der Waals surface area contributed by atoms with E-state index in [1.54, 1.807) is 12.0 Å². The summed E-state index contributed by atoms with van der Waals surface area (Å²) in [7, 11) is 1.71. The molecular weight excluding hydrogens is 422 g/mol. The zero-order valence-corrected chi connectivity index (χ0v) is 19.9. The summed E-state index contributed by atoms with van der Waals surface area (Å²) in [5.41, 5.74) is 2.48. The van der Waals surface area contributed by atoms with Crippen molar-refractivity contribution < 1.29 is 19.2 Å². The summed E-state index contributed by atoms with van der Waals surface area (Å²) < 4.78 is 10.4. The van der Waals surface area contributed by atoms with Gasteiger partial charge in [0.05, 0.1) is 11.7 Å². The van der Waals surface area contributed by atoms with Crippen molar-refractivity contribution in [3.63, 3.8) is 0 Å². The number of amides is 1. The van der Waals surface area contributed by atoms with Gasteiger partial charge >= 0.3 is 0 Å². The number of hydrogen-bond donors (Lipinski definition) is 3. The van der Waals surface area contributed by atoms with Gasteiger partial charge in [-0.3, -0.25) is 4.79 Å². The van der Waals surface area contributed by atoms with Gasteiger partial charge in [0.15, 0.2) is 0 Å². The molecule has 0 atom stereocenters. The first-order chi connectivity index (χ1) is 15.7. The first-order valence-electron chi connectivity index (χ1n) is 11.4. The minimum absolute atomic E-state index is 0.0417. The van der Waals surface area contributed by atoms with Crippen molar-refractivity contribution >= 4 is 18.3 Å². The summed E-state index contributed by atoms with van der Waals surface area (Å²) in [5, 5.41) is 24.6. The molecule has 0 spiro atoms. The van der Waals surface area contributed by atoms with Gasteiger partial charge in [-0.1, -0.05) is 17.3 Å². The molecule has 180 valence electrons. The number of carbonyl (C=O) groups excluding carboxylic acids is 1. The molecule has 1 amide bonds. The van der Waals surface area contributed by atoms with Crippen LogP contribution in [0.2, 0.25) is 0 Å². The van der Waals surface area contributed by atoms with E-state index in [0.717, 1.165) is 36.1 Å². The lowest BCUT2D eigenvalue weighted by Gasteiger charge is -2.33. The number of likely N-dealkylation sites (tertiary alicyclic amines) is 1. The van der Waals surface area contributed by atoms with E-state index < -0.39 is 0 Å². The number of hydrogen-bond acceptors (Lipinski definition) is 8. The number of aliphatic hydroxyl groups is 1. The van der Waals surface area contributed by atoms with Crippen molar-refractivity contribution in [2.45, 2.75) is 70.1 Å². The smallest absolute Gasteiger partial charge is 0.230 e. The minimum atomic E-state index is -0.237. The Morgan fingerprint density at radius 3 is 2.48 bits per heavy atom. The van der Waals surface area contributed by atoms with E-state index in [-0.39, 0.29) is 23.7 Å². The summed E-state index contributed by atoms with van der Waals surface area (Å²) in [6, 6.07) is 5.88. The second-order valence-corrected chi connectivity index (χ2v) is 9.60. The largest absolute Gasteiger partial charge is 0.393 e. The fraction of sp³-hybridized carbons (Fsp3) is 0.583. The zero-order valence-electron chi connectivity index (χ0n) is 19.9. The maximum atomic E-state index is 10.8. The van der Waals surface area contributed by atoms with E-state index >= 15 is 0 Å². The van der Waals surface area contributed by atoms with Crippen LogP contribution in [0.4, 0.5) is 5.69 Å². The quantitative estimate of drug-likeness (QED) is 0.448. The highest BCUT2D eigenvalue weighted by Gasteiger charge is 2.28. The topological polar surface area (TPSA) is 125 Å². The van der Waals surface area contributed by atoms with Gasteiger partial charge in [0.1, 0.15) is 0 Å². The maximum Gasteiger partial charge on any atom is 0.230 e. The van der Waals surface area contributed by atoms with E-state index in [4.69, 9.17) is 14.7 Å². The molecule has 1 aliphatic heterocycles. The molecule has 3 N–H and O–H groups in total. The number of nitrogens with zero attached hydrogens (tertiary/aromatic N) is 3. The van der Waals surface area contributed by atoms with Crippen molar-refractivity contribution in [3.8, 4) is 11.4 Å². The number of ether oxygens (including phenoxy) is 1. The molecule has 2 aliphatic rings. The van der Waals surface area contributed by atoms with Crippen LogP contribution in [0.25, 0.3) is 11.4 Å². The van der Waals surface area contributed by atoms with Crippen molar-refractivity contribution in [1.29, 1.82) is 5.41 Å². The number of methoxy groups -OCH3 is 1. The third-order valence-electron chi connectivity index (χ3n) is 6.02. The number of nitrogens with one attached hydrogen (secondary N) is 2. The molecule has 2 aromatic rings. The predicted molar refractivity (Wildman–Crippen MR) is 127 cm³/mol. The summed E-state index contributed by atoms with van der Waals surface area (Å²) in [5.74, 6) is 1.32. The molecule has 9 nitrogen and oxygen atoms in total. The summed E-state index contributed by atoms with van der Waals surface area (Å²) >= 11 is 0. The summed E-state index contributed by atoms with van der Waals surface area (Å²) in [4.78, 5) is 17.2. The van der Waals surface area contributed by atoms with E-state index in [0.29, 0.717) is 37.6 Å². The molecule has 1 saturated carbocycles. The van der Waals surface area contributed by atoms with Crippen LogP contribution < -0.4 is 5.32 Å². The van der Waals surface area contributed by atoms with Crippen LogP contribution in [0.3, 0.4) is 0 Å². The molecule has 9 heteroatoms. The van der Waals surface area contributed by atoms with E-state index in [1.165, 1.54) is 6.21 Å². The Kier molecular flexibility index (Phi) is 8.20. The molecule has 1 aliphatic carbocycles. The Balaban J connectivity index is 0.000000454. The fourth-order valence-corrected chi connectivity index (χ4v) is 3.64. The standard InChI is InChI=1S/C19H23N5O3.C5H12O/c20-10-14-2-1-13(7-17(14)21-15-8-16(26)9-15)18-22-19(27-23-18)12-3-5-24(11-25)6-4-12;1-5(2,3)6-4/h1-2,7,10-12,15-16,20-21,26H,3-6,8-9H2;1-4H3. The normalized spacial score (nSPS) is 20.9. The average Bonchev–Trinajstić information content (AvgIpc) is 3.28. The molecule has 2 fully saturated rings. The van der Waals surface area contributed by atoms with Gasteiger partial charge in [-0.05, 0) is 52.5 Å². The first kappa shape index (κ1) is 24.9. The third-order valence-corrected chi connectivity index (χ3v) is 6.02. The Bertz CT molecular complexity index is 925. The number of rotatable bonds is 6. The Labute approximate surface area is 195 Å². The number of piperidine rings is 1. The van der Waals surface area contributed by atoms with Crippen LogP contribution in [0, 0.1) is 5.41 Å². The minimum Gasteiger partial charge on any atom is -0.393 e. The van der Waals surface area contributed by atoms with Gasteiger partial charge in [0, 0.05) is 55.2 Å². The van der Waals surface area contributed by atoms with Crippen LogP contribution in [0.15, 0.2) is 22.7 Å². The molecular formula is C24H35N5O4. The predicted octanol–water partition coefficient (Wildman–Crippen LogP) is 3.44. The van der Waals surface area contributed by atoms with Gasteiger partial charge in [-0.25, -0.2) is 0 Å². The highest BCUT2D eigenvalue weighted by Crippen LogP contribution is 2.31. The molecule has 33 heavy (non-hydrogen) atoms. The van der Waals surface area contributed by atoms with Gasteiger partial charge in [0.25, 0.3) is 0 Å². The average molecular weight is 458 g/mol. The maximum absolute atomic E-state index is 10.8. The molecule has 2 heterocycles. The first-order valence-corrected chi connectivity index (χ1v) is 11.4.